The van der Waals surface area contributed by atoms with Crippen LogP contribution in [0.2, 0.25) is 0 Å². The number of rotatable bonds is 11. The Balaban J connectivity index is 1.57. The van der Waals surface area contributed by atoms with Crippen molar-refractivity contribution in [2.45, 2.75) is 46.1 Å². The molecule has 0 fully saturated rings. The molecule has 0 atom stereocenters. The third kappa shape index (κ3) is 7.57. The Morgan fingerprint density at radius 3 is 2.78 bits per heavy atom. The summed E-state index contributed by atoms with van der Waals surface area (Å²) in [4.78, 5) is 33.8. The second-order valence-electron chi connectivity index (χ2n) is 8.95. The van der Waals surface area contributed by atoms with E-state index < -0.39 is 5.91 Å². The van der Waals surface area contributed by atoms with Crippen molar-refractivity contribution in [1.29, 1.82) is 0 Å². The van der Waals surface area contributed by atoms with Gasteiger partial charge in [-0.25, -0.2) is 4.98 Å². The Hall–Kier alpha value is -3.85. The van der Waals surface area contributed by atoms with E-state index in [-0.39, 0.29) is 23.7 Å². The van der Waals surface area contributed by atoms with Gasteiger partial charge in [0.25, 0.3) is 5.91 Å². The van der Waals surface area contributed by atoms with Crippen molar-refractivity contribution in [2.24, 2.45) is 4.99 Å². The number of amides is 2. The van der Waals surface area contributed by atoms with E-state index in [1.54, 1.807) is 24.0 Å². The Morgan fingerprint density at radius 1 is 1.24 bits per heavy atom. The normalized spacial score (nSPS) is 12.4. The van der Waals surface area contributed by atoms with Crippen molar-refractivity contribution in [3.63, 3.8) is 0 Å². The van der Waals surface area contributed by atoms with Crippen molar-refractivity contribution in [1.82, 2.24) is 20.1 Å². The van der Waals surface area contributed by atoms with Gasteiger partial charge in [0.1, 0.15) is 5.69 Å². The quantitative estimate of drug-likeness (QED) is 0.260. The van der Waals surface area contributed by atoms with Gasteiger partial charge in [-0.1, -0.05) is 49.8 Å². The van der Waals surface area contributed by atoms with Crippen LogP contribution in [-0.4, -0.2) is 45.9 Å². The molecule has 2 amide bonds. The van der Waals surface area contributed by atoms with Crippen LogP contribution in [0.25, 0.3) is 11.3 Å². The summed E-state index contributed by atoms with van der Waals surface area (Å²) in [5, 5.41) is 12.1. The SMILES string of the molecule is C/C=C\C(=NC)c1cccc(-c2csc(NC(=O)CNC(=O)c3ccn(C(C)(C)C=CCCC)n3)n2)c1. The summed E-state index contributed by atoms with van der Waals surface area (Å²) in [5.74, 6) is -0.771. The highest BCUT2D eigenvalue weighted by atomic mass is 32.1. The number of nitrogens with zero attached hydrogens (tertiary/aromatic N) is 4. The van der Waals surface area contributed by atoms with Crippen molar-refractivity contribution < 1.29 is 9.59 Å². The van der Waals surface area contributed by atoms with E-state index in [0.29, 0.717) is 5.13 Å². The summed E-state index contributed by atoms with van der Waals surface area (Å²) in [7, 11) is 1.76. The molecule has 37 heavy (non-hydrogen) atoms. The van der Waals surface area contributed by atoms with Gasteiger partial charge in [-0.15, -0.1) is 11.3 Å². The first-order valence-corrected chi connectivity index (χ1v) is 13.1. The molecule has 0 aliphatic carbocycles. The van der Waals surface area contributed by atoms with Gasteiger partial charge in [0.15, 0.2) is 5.13 Å². The largest absolute Gasteiger partial charge is 0.342 e. The summed E-state index contributed by atoms with van der Waals surface area (Å²) in [6, 6.07) is 9.58. The van der Waals surface area contributed by atoms with Crippen LogP contribution in [0.5, 0.6) is 0 Å². The first-order chi connectivity index (χ1) is 17.8. The minimum absolute atomic E-state index is 0.185. The van der Waals surface area contributed by atoms with E-state index in [2.05, 4.69) is 44.8 Å². The van der Waals surface area contributed by atoms with Gasteiger partial charge in [0.05, 0.1) is 23.5 Å². The van der Waals surface area contributed by atoms with Crippen LogP contribution in [0, 0.1) is 0 Å². The summed E-state index contributed by atoms with van der Waals surface area (Å²) >= 11 is 1.33. The molecule has 0 saturated heterocycles. The number of unbranched alkanes of at least 4 members (excludes halogenated alkanes) is 1. The zero-order valence-electron chi connectivity index (χ0n) is 22.0. The van der Waals surface area contributed by atoms with Crippen LogP contribution >= 0.6 is 11.3 Å². The minimum atomic E-state index is -0.409. The van der Waals surface area contributed by atoms with Crippen molar-refractivity contribution >= 4 is 34.0 Å². The molecule has 8 nitrogen and oxygen atoms in total. The molecule has 3 rings (SSSR count). The Morgan fingerprint density at radius 2 is 2.05 bits per heavy atom. The summed E-state index contributed by atoms with van der Waals surface area (Å²) in [5.41, 5.74) is 3.45. The molecule has 2 heterocycles. The molecule has 0 aliphatic heterocycles. The Labute approximate surface area is 222 Å². The highest BCUT2D eigenvalue weighted by Gasteiger charge is 2.20. The highest BCUT2D eigenvalue weighted by Crippen LogP contribution is 2.26. The lowest BCUT2D eigenvalue weighted by Gasteiger charge is -2.21. The molecule has 194 valence electrons. The van der Waals surface area contributed by atoms with Crippen molar-refractivity contribution in [2.75, 3.05) is 18.9 Å². The van der Waals surface area contributed by atoms with E-state index >= 15 is 0 Å². The lowest BCUT2D eigenvalue weighted by molar-refractivity contribution is -0.115. The second kappa shape index (κ2) is 12.9. The van der Waals surface area contributed by atoms with Crippen LogP contribution in [0.1, 0.15) is 56.6 Å². The molecule has 0 saturated carbocycles. The molecular weight excluding hydrogens is 484 g/mol. The molecule has 2 N–H and O–H groups in total. The van der Waals surface area contributed by atoms with Gasteiger partial charge in [-0.3, -0.25) is 19.3 Å². The number of benzene rings is 1. The lowest BCUT2D eigenvalue weighted by atomic mass is 10.0. The first kappa shape index (κ1) is 27.7. The molecule has 0 spiro atoms. The molecule has 0 aliphatic rings. The molecule has 0 bridgehead atoms. The molecule has 0 radical (unpaired) electrons. The fraction of sp³-hybridized carbons (Fsp3) is 0.321. The number of hydrogen-bond donors (Lipinski definition) is 2. The summed E-state index contributed by atoms with van der Waals surface area (Å²) in [6.45, 7) is 7.94. The maximum Gasteiger partial charge on any atom is 0.272 e. The predicted octanol–water partition coefficient (Wildman–Crippen LogP) is 5.46. The molecule has 0 unspecified atom stereocenters. The predicted molar refractivity (Wildman–Crippen MR) is 151 cm³/mol. The average Bonchev–Trinajstić information content (AvgIpc) is 3.57. The van der Waals surface area contributed by atoms with Gasteiger partial charge < -0.3 is 10.6 Å². The van der Waals surface area contributed by atoms with Crippen molar-refractivity contribution in [3.8, 4) is 11.3 Å². The minimum Gasteiger partial charge on any atom is -0.342 e. The number of aliphatic imine (C=N–C) groups is 1. The lowest BCUT2D eigenvalue weighted by Crippen LogP contribution is -2.33. The third-order valence-corrected chi connectivity index (χ3v) is 6.33. The van der Waals surface area contributed by atoms with Gasteiger partial charge in [-0.2, -0.15) is 5.10 Å². The van der Waals surface area contributed by atoms with Crippen LogP contribution in [-0.2, 0) is 10.3 Å². The Kier molecular flexibility index (Phi) is 9.68. The fourth-order valence-electron chi connectivity index (χ4n) is 3.55. The number of thiazole rings is 1. The number of carbonyl (C=O) groups excluding carboxylic acids is 2. The topological polar surface area (TPSA) is 101 Å². The number of anilines is 1. The third-order valence-electron chi connectivity index (χ3n) is 5.57. The van der Waals surface area contributed by atoms with E-state index in [1.807, 2.05) is 62.6 Å². The van der Waals surface area contributed by atoms with E-state index in [1.165, 1.54) is 11.3 Å². The van der Waals surface area contributed by atoms with Crippen LogP contribution in [0.3, 0.4) is 0 Å². The summed E-state index contributed by atoms with van der Waals surface area (Å²) < 4.78 is 1.74. The van der Waals surface area contributed by atoms with Gasteiger partial charge >= 0.3 is 0 Å². The zero-order valence-corrected chi connectivity index (χ0v) is 22.8. The van der Waals surface area contributed by atoms with E-state index in [0.717, 1.165) is 35.4 Å². The Bertz CT molecular complexity index is 1320. The molecule has 1 aromatic carbocycles. The smallest absolute Gasteiger partial charge is 0.272 e. The van der Waals surface area contributed by atoms with Gasteiger partial charge in [0.2, 0.25) is 5.91 Å². The maximum atomic E-state index is 12.5. The van der Waals surface area contributed by atoms with Crippen molar-refractivity contribution in [3.05, 3.63) is 77.5 Å². The summed E-state index contributed by atoms with van der Waals surface area (Å²) in [6.07, 6.45) is 11.9. The average molecular weight is 519 g/mol. The van der Waals surface area contributed by atoms with Crippen LogP contribution in [0.15, 0.2) is 71.2 Å². The number of allylic oxidation sites excluding steroid dienone is 4. The maximum absolute atomic E-state index is 12.5. The number of hydrogen-bond acceptors (Lipinski definition) is 6. The molecule has 2 aromatic heterocycles. The first-order valence-electron chi connectivity index (χ1n) is 12.2. The zero-order chi connectivity index (χ0) is 26.8. The van der Waals surface area contributed by atoms with Crippen LogP contribution < -0.4 is 10.6 Å². The van der Waals surface area contributed by atoms with E-state index in [9.17, 15) is 9.59 Å². The standard InChI is InChI=1S/C28H34N6O2S/c1-6-8-9-15-28(3,4)34-16-14-23(33-34)26(36)30-18-25(35)32-27-31-24(19-37-27)21-13-10-12-20(17-21)22(29-5)11-7-2/h7,9-17,19H,6,8,18H2,1-5H3,(H,30,36)(H,31,32,35)/b11-7-,15-9?,29-22?. The molecule has 9 heteroatoms. The molecular formula is C28H34N6O2S. The van der Waals surface area contributed by atoms with E-state index in [4.69, 9.17) is 0 Å². The highest BCUT2D eigenvalue weighted by molar-refractivity contribution is 7.14. The fourth-order valence-corrected chi connectivity index (χ4v) is 4.29. The molecule has 3 aromatic rings. The monoisotopic (exact) mass is 518 g/mol. The number of carbonyl (C=O) groups is 2. The van der Waals surface area contributed by atoms with Crippen LogP contribution in [0.4, 0.5) is 5.13 Å². The second-order valence-corrected chi connectivity index (χ2v) is 9.81. The van der Waals surface area contributed by atoms with Gasteiger partial charge in [-0.05, 0) is 45.4 Å². The van der Waals surface area contributed by atoms with Gasteiger partial charge in [0, 0.05) is 29.8 Å². The number of nitrogens with one attached hydrogen (secondary N) is 2. The number of aromatic nitrogens is 3.